The molecule has 0 saturated carbocycles. The first-order valence-corrected chi connectivity index (χ1v) is 2.96. The summed E-state index contributed by atoms with van der Waals surface area (Å²) >= 11 is 0. The lowest BCUT2D eigenvalue weighted by Crippen LogP contribution is -2.12. The van der Waals surface area contributed by atoms with Crippen LogP contribution in [0.1, 0.15) is 13.8 Å². The van der Waals surface area contributed by atoms with Crippen molar-refractivity contribution >= 4 is 7.12 Å². The van der Waals surface area contributed by atoms with Crippen molar-refractivity contribution in [1.82, 2.24) is 0 Å². The fourth-order valence-corrected chi connectivity index (χ4v) is 0.308. The Morgan fingerprint density at radius 2 is 1.40 bits per heavy atom. The fourth-order valence-electron chi connectivity index (χ4n) is 0.308. The van der Waals surface area contributed by atoms with Gasteiger partial charge in [0, 0.05) is 13.8 Å². The minimum absolute atomic E-state index is 0.375. The molecule has 52 valence electrons. The Balaban J connectivity index is 3.46. The highest BCUT2D eigenvalue weighted by Crippen LogP contribution is 1.83. The summed E-state index contributed by atoms with van der Waals surface area (Å²) in [6, 6.07) is 0. The largest absolute Gasteiger partial charge is 0.608 e. The molecular weight excluding hydrogens is 127 g/mol. The van der Waals surface area contributed by atoms with Crippen LogP contribution in [-0.4, -0.2) is 7.12 Å². The summed E-state index contributed by atoms with van der Waals surface area (Å²) in [5.41, 5.74) is 0. The normalized spacial score (nSPS) is 5.90. The molecule has 0 aromatic carbocycles. The van der Waals surface area contributed by atoms with Crippen LogP contribution in [0.15, 0.2) is 0 Å². The molecular formula is C7H9BO2. The summed E-state index contributed by atoms with van der Waals surface area (Å²) in [6.07, 6.45) is 4.83. The lowest BCUT2D eigenvalue weighted by atomic mass is 9.96. The van der Waals surface area contributed by atoms with Crippen LogP contribution in [0.5, 0.6) is 0 Å². The van der Waals surface area contributed by atoms with Gasteiger partial charge in [0.25, 0.3) is 0 Å². The second-order valence-electron chi connectivity index (χ2n) is 1.51. The zero-order valence-corrected chi connectivity index (χ0v) is 6.39. The van der Waals surface area contributed by atoms with Gasteiger partial charge in [0.05, 0.1) is 12.2 Å². The van der Waals surface area contributed by atoms with Crippen molar-refractivity contribution in [3.63, 3.8) is 0 Å². The second-order valence-corrected chi connectivity index (χ2v) is 1.51. The zero-order valence-electron chi connectivity index (χ0n) is 6.39. The molecule has 0 rings (SSSR count). The first-order valence-electron chi connectivity index (χ1n) is 2.96. The monoisotopic (exact) mass is 136 g/mol. The maximum atomic E-state index is 4.81. The van der Waals surface area contributed by atoms with Gasteiger partial charge in [-0.15, -0.1) is 0 Å². The van der Waals surface area contributed by atoms with Crippen molar-refractivity contribution in [1.29, 1.82) is 0 Å². The van der Waals surface area contributed by atoms with Gasteiger partial charge in [0.1, 0.15) is 0 Å². The van der Waals surface area contributed by atoms with Crippen LogP contribution >= 0.6 is 0 Å². The Morgan fingerprint density at radius 1 is 1.00 bits per heavy atom. The molecule has 10 heavy (non-hydrogen) atoms. The van der Waals surface area contributed by atoms with Crippen molar-refractivity contribution < 1.29 is 9.31 Å². The Labute approximate surface area is 62.0 Å². The predicted molar refractivity (Wildman–Crippen MR) is 40.7 cm³/mol. The van der Waals surface area contributed by atoms with Gasteiger partial charge in [-0.3, -0.25) is 0 Å². The van der Waals surface area contributed by atoms with E-state index < -0.39 is 0 Å². The molecule has 0 fully saturated rings. The van der Waals surface area contributed by atoms with Crippen LogP contribution in [0.25, 0.3) is 0 Å². The van der Waals surface area contributed by atoms with Crippen molar-refractivity contribution in [3.8, 4) is 24.1 Å². The molecule has 0 unspecified atom stereocenters. The third-order valence-electron chi connectivity index (χ3n) is 0.654. The van der Waals surface area contributed by atoms with Crippen LogP contribution in [0.3, 0.4) is 0 Å². The van der Waals surface area contributed by atoms with E-state index in [-0.39, 0.29) is 7.12 Å². The average Bonchev–Trinajstić information content (AvgIpc) is 1.97. The molecule has 0 heterocycles. The molecule has 0 spiro atoms. The molecule has 0 aromatic rings. The molecule has 0 radical (unpaired) electrons. The highest BCUT2D eigenvalue weighted by atomic mass is 16.6. The molecule has 0 N–H and O–H groups in total. The molecule has 0 atom stereocenters. The molecule has 0 aliphatic heterocycles. The van der Waals surface area contributed by atoms with E-state index in [1.807, 2.05) is 0 Å². The molecule has 2 nitrogen and oxygen atoms in total. The standard InChI is InChI=1S/C7H9BO2/c1-4-6-9-8(3)10-7-5-2/h1-3H3. The van der Waals surface area contributed by atoms with E-state index in [1.165, 1.54) is 0 Å². The Bertz CT molecular complexity index is 169. The molecule has 0 aliphatic carbocycles. The van der Waals surface area contributed by atoms with Crippen molar-refractivity contribution in [2.24, 2.45) is 0 Å². The Morgan fingerprint density at radius 3 is 1.70 bits per heavy atom. The van der Waals surface area contributed by atoms with Crippen LogP contribution in [0.2, 0.25) is 6.82 Å². The van der Waals surface area contributed by atoms with E-state index in [0.29, 0.717) is 0 Å². The maximum absolute atomic E-state index is 4.81. The minimum Gasteiger partial charge on any atom is -0.476 e. The third-order valence-corrected chi connectivity index (χ3v) is 0.654. The van der Waals surface area contributed by atoms with E-state index in [9.17, 15) is 0 Å². The Kier molecular flexibility index (Phi) is 5.19. The second kappa shape index (κ2) is 5.91. The summed E-state index contributed by atoms with van der Waals surface area (Å²) in [5.74, 6) is 5.15. The first kappa shape index (κ1) is 8.78. The average molecular weight is 136 g/mol. The summed E-state index contributed by atoms with van der Waals surface area (Å²) in [6.45, 7) is 5.12. The number of rotatable bonds is 2. The lowest BCUT2D eigenvalue weighted by Gasteiger charge is -1.98. The summed E-state index contributed by atoms with van der Waals surface area (Å²) in [5, 5.41) is 0. The fraction of sp³-hybridized carbons (Fsp3) is 0.429. The number of hydrogen-bond acceptors (Lipinski definition) is 2. The van der Waals surface area contributed by atoms with E-state index in [2.05, 4.69) is 24.1 Å². The van der Waals surface area contributed by atoms with E-state index in [1.54, 1.807) is 20.7 Å². The van der Waals surface area contributed by atoms with Crippen molar-refractivity contribution in [2.45, 2.75) is 20.7 Å². The van der Waals surface area contributed by atoms with Gasteiger partial charge < -0.3 is 9.31 Å². The molecule has 0 saturated heterocycles. The van der Waals surface area contributed by atoms with Gasteiger partial charge >= 0.3 is 7.12 Å². The van der Waals surface area contributed by atoms with Crippen LogP contribution < -0.4 is 0 Å². The van der Waals surface area contributed by atoms with Crippen LogP contribution in [0.4, 0.5) is 0 Å². The molecule has 0 aliphatic rings. The maximum Gasteiger partial charge on any atom is 0.608 e. The van der Waals surface area contributed by atoms with Crippen molar-refractivity contribution in [3.05, 3.63) is 0 Å². The summed E-state index contributed by atoms with van der Waals surface area (Å²) < 4.78 is 9.61. The predicted octanol–water partition coefficient (Wildman–Crippen LogP) is 1.10. The van der Waals surface area contributed by atoms with Gasteiger partial charge in [-0.25, -0.2) is 0 Å². The van der Waals surface area contributed by atoms with E-state index in [4.69, 9.17) is 9.31 Å². The zero-order chi connectivity index (χ0) is 7.82. The smallest absolute Gasteiger partial charge is 0.476 e. The van der Waals surface area contributed by atoms with Gasteiger partial charge in [0.15, 0.2) is 0 Å². The van der Waals surface area contributed by atoms with E-state index >= 15 is 0 Å². The highest BCUT2D eigenvalue weighted by Gasteiger charge is 2.09. The minimum atomic E-state index is -0.375. The molecule has 3 heteroatoms. The van der Waals surface area contributed by atoms with Gasteiger partial charge in [-0.1, -0.05) is 11.8 Å². The third kappa shape index (κ3) is 4.93. The van der Waals surface area contributed by atoms with Gasteiger partial charge in [-0.2, -0.15) is 0 Å². The van der Waals surface area contributed by atoms with E-state index in [0.717, 1.165) is 0 Å². The molecule has 0 bridgehead atoms. The molecule has 0 amide bonds. The summed E-state index contributed by atoms with van der Waals surface area (Å²) in [7, 11) is -0.375. The number of hydrogen-bond donors (Lipinski definition) is 0. The summed E-state index contributed by atoms with van der Waals surface area (Å²) in [4.78, 5) is 0. The highest BCUT2D eigenvalue weighted by molar-refractivity contribution is 6.43. The van der Waals surface area contributed by atoms with Gasteiger partial charge in [-0.05, 0) is 6.82 Å². The Hall–Kier alpha value is -1.22. The van der Waals surface area contributed by atoms with Crippen LogP contribution in [0, 0.1) is 24.1 Å². The van der Waals surface area contributed by atoms with Crippen molar-refractivity contribution in [2.75, 3.05) is 0 Å². The first-order chi connectivity index (χ1) is 4.81. The topological polar surface area (TPSA) is 18.5 Å². The lowest BCUT2D eigenvalue weighted by molar-refractivity contribution is 0.386. The quantitative estimate of drug-likeness (QED) is 0.418. The van der Waals surface area contributed by atoms with Gasteiger partial charge in [0.2, 0.25) is 0 Å². The SMILES string of the molecule is CC#COB(C)OC#CC. The van der Waals surface area contributed by atoms with Crippen LogP contribution in [-0.2, 0) is 9.31 Å². The molecule has 0 aromatic heterocycles.